The predicted octanol–water partition coefficient (Wildman–Crippen LogP) is 4.43. The fraction of sp³-hybridized carbons (Fsp3) is 0.250. The van der Waals surface area contributed by atoms with Crippen molar-refractivity contribution in [2.24, 2.45) is 0 Å². The molecule has 0 heterocycles. The van der Waals surface area contributed by atoms with Crippen molar-refractivity contribution in [1.82, 2.24) is 0 Å². The molecule has 0 fully saturated rings. The summed E-state index contributed by atoms with van der Waals surface area (Å²) in [6.45, 7) is 0. The van der Waals surface area contributed by atoms with E-state index in [0.717, 1.165) is 0 Å². The maximum atomic E-state index is 6.10. The minimum atomic E-state index is -1.77. The van der Waals surface area contributed by atoms with Crippen LogP contribution in [-0.4, -0.2) is 12.4 Å². The zero-order valence-corrected chi connectivity index (χ0v) is 11.6. The first-order valence-electron chi connectivity index (χ1n) is 3.71. The van der Waals surface area contributed by atoms with Crippen molar-refractivity contribution in [2.45, 2.75) is 9.33 Å². The van der Waals surface area contributed by atoms with Crippen molar-refractivity contribution in [1.29, 1.82) is 0 Å². The lowest BCUT2D eigenvalue weighted by Crippen LogP contribution is -2.32. The van der Waals surface area contributed by atoms with Crippen molar-refractivity contribution >= 4 is 64.4 Å². The summed E-state index contributed by atoms with van der Waals surface area (Å²) in [7, 11) is -1.77. The number of benzene rings is 1. The highest BCUT2D eigenvalue weighted by Gasteiger charge is 2.40. The molecule has 1 radical (unpaired) electrons. The Balaban J connectivity index is 2.96. The molecule has 0 saturated carbocycles. The molecule has 1 atom stereocenters. The summed E-state index contributed by atoms with van der Waals surface area (Å²) in [6, 6.07) is 9.09. The molecule has 1 aromatic rings. The molecule has 1 unspecified atom stereocenters. The predicted molar refractivity (Wildman–Crippen MR) is 66.9 cm³/mol. The maximum Gasteiger partial charge on any atom is 0.295 e. The molecule has 77 valence electrons. The monoisotopic (exact) mass is 305 g/mol. The average molecular weight is 307 g/mol. The van der Waals surface area contributed by atoms with Crippen LogP contribution in [0.2, 0.25) is 0 Å². The first-order valence-corrected chi connectivity index (χ1v) is 8.51. The standard InChI is InChI=1S/C8H6Cl5Si/c9-7(14(12)13)8(10,11)6-4-2-1-3-5-6/h1-5,7H. The van der Waals surface area contributed by atoms with Gasteiger partial charge in [-0.05, 0) is 5.56 Å². The highest BCUT2D eigenvalue weighted by Crippen LogP contribution is 2.42. The fourth-order valence-corrected chi connectivity index (χ4v) is 4.07. The Morgan fingerprint density at radius 3 is 2.00 bits per heavy atom. The van der Waals surface area contributed by atoms with Crippen LogP contribution < -0.4 is 0 Å². The van der Waals surface area contributed by atoms with Crippen molar-refractivity contribution in [3.05, 3.63) is 35.9 Å². The van der Waals surface area contributed by atoms with Crippen LogP contribution in [0.25, 0.3) is 0 Å². The Kier molecular flexibility index (Phi) is 4.89. The quantitative estimate of drug-likeness (QED) is 0.440. The molecule has 0 bridgehead atoms. The molecule has 0 spiro atoms. The van der Waals surface area contributed by atoms with Crippen LogP contribution in [0.5, 0.6) is 0 Å². The Hall–Kier alpha value is 0.887. The average Bonchev–Trinajstić information content (AvgIpc) is 2.18. The van der Waals surface area contributed by atoms with Gasteiger partial charge in [0, 0.05) is 0 Å². The van der Waals surface area contributed by atoms with Gasteiger partial charge in [0.15, 0.2) is 4.33 Å². The summed E-state index contributed by atoms with van der Waals surface area (Å²) in [5, 5.41) is -0.665. The molecule has 0 N–H and O–H groups in total. The highest BCUT2D eigenvalue weighted by molar-refractivity contribution is 7.36. The van der Waals surface area contributed by atoms with E-state index >= 15 is 0 Å². The van der Waals surface area contributed by atoms with Crippen LogP contribution >= 0.6 is 57.0 Å². The van der Waals surface area contributed by atoms with E-state index in [9.17, 15) is 0 Å². The Morgan fingerprint density at radius 1 is 1.07 bits per heavy atom. The molecule has 14 heavy (non-hydrogen) atoms. The second-order valence-corrected chi connectivity index (χ2v) is 9.01. The molecule has 1 aromatic carbocycles. The molecule has 0 saturated heterocycles. The minimum absolute atomic E-state index is 0.665. The van der Waals surface area contributed by atoms with E-state index in [4.69, 9.17) is 57.0 Å². The van der Waals surface area contributed by atoms with E-state index < -0.39 is 16.7 Å². The van der Waals surface area contributed by atoms with Gasteiger partial charge in [-0.1, -0.05) is 53.5 Å². The molecule has 0 amide bonds. The van der Waals surface area contributed by atoms with Gasteiger partial charge in [0.25, 0.3) is 7.42 Å². The minimum Gasteiger partial charge on any atom is -0.145 e. The summed E-state index contributed by atoms with van der Waals surface area (Å²) >= 11 is 29.6. The van der Waals surface area contributed by atoms with Crippen molar-refractivity contribution in [3.8, 4) is 0 Å². The number of hydrogen-bond acceptors (Lipinski definition) is 0. The zero-order valence-electron chi connectivity index (χ0n) is 6.85. The number of halogens is 5. The van der Waals surface area contributed by atoms with Gasteiger partial charge in [-0.2, -0.15) is 0 Å². The van der Waals surface area contributed by atoms with E-state index in [2.05, 4.69) is 0 Å². The van der Waals surface area contributed by atoms with Gasteiger partial charge in [0.2, 0.25) is 0 Å². The van der Waals surface area contributed by atoms with E-state index in [0.29, 0.717) is 5.56 Å². The smallest absolute Gasteiger partial charge is 0.145 e. The van der Waals surface area contributed by atoms with E-state index in [1.807, 2.05) is 18.2 Å². The van der Waals surface area contributed by atoms with Crippen molar-refractivity contribution < 1.29 is 0 Å². The summed E-state index contributed by atoms with van der Waals surface area (Å²) in [5.41, 5.74) is 0.701. The van der Waals surface area contributed by atoms with Crippen molar-refractivity contribution in [2.75, 3.05) is 0 Å². The molecular formula is C8H6Cl5Si. The fourth-order valence-electron chi connectivity index (χ4n) is 0.944. The van der Waals surface area contributed by atoms with Gasteiger partial charge in [-0.3, -0.25) is 0 Å². The van der Waals surface area contributed by atoms with Crippen LogP contribution in [0.3, 0.4) is 0 Å². The molecule has 1 rings (SSSR count). The summed E-state index contributed by atoms with van der Waals surface area (Å²) in [6.07, 6.45) is 0. The van der Waals surface area contributed by atoms with Crippen LogP contribution in [0.4, 0.5) is 0 Å². The zero-order chi connectivity index (χ0) is 10.8. The van der Waals surface area contributed by atoms with Crippen LogP contribution in [0.15, 0.2) is 30.3 Å². The van der Waals surface area contributed by atoms with Gasteiger partial charge in [-0.15, -0.1) is 33.8 Å². The molecular weight excluding hydrogens is 301 g/mol. The molecule has 0 aliphatic heterocycles. The largest absolute Gasteiger partial charge is 0.295 e. The van der Waals surface area contributed by atoms with Gasteiger partial charge < -0.3 is 0 Å². The molecule has 6 heteroatoms. The van der Waals surface area contributed by atoms with Crippen LogP contribution in [-0.2, 0) is 4.33 Å². The Bertz CT molecular complexity index is 287. The molecule has 0 aliphatic carbocycles. The van der Waals surface area contributed by atoms with Crippen LogP contribution in [0.1, 0.15) is 5.56 Å². The number of hydrogen-bond donors (Lipinski definition) is 0. The van der Waals surface area contributed by atoms with Gasteiger partial charge in [-0.25, -0.2) is 0 Å². The molecule has 0 nitrogen and oxygen atoms in total. The lowest BCUT2D eigenvalue weighted by molar-refractivity contribution is 0.928. The first kappa shape index (κ1) is 13.0. The Labute approximate surface area is 109 Å². The first-order chi connectivity index (χ1) is 6.46. The van der Waals surface area contributed by atoms with E-state index in [1.165, 1.54) is 0 Å². The van der Waals surface area contributed by atoms with Gasteiger partial charge in [0.05, 0.1) is 5.00 Å². The number of alkyl halides is 3. The summed E-state index contributed by atoms with van der Waals surface area (Å²) in [5.74, 6) is 0. The normalized spacial score (nSPS) is 14.4. The third kappa shape index (κ3) is 2.94. The van der Waals surface area contributed by atoms with Gasteiger partial charge >= 0.3 is 0 Å². The lowest BCUT2D eigenvalue weighted by atomic mass is 10.1. The second-order valence-electron chi connectivity index (χ2n) is 2.64. The summed E-state index contributed by atoms with van der Waals surface area (Å²) < 4.78 is -1.24. The van der Waals surface area contributed by atoms with Crippen LogP contribution in [0, 0.1) is 0 Å². The SMILES string of the molecule is ClC([Si](Cl)Cl)C(Cl)(Cl)c1ccccc1. The van der Waals surface area contributed by atoms with Crippen molar-refractivity contribution in [3.63, 3.8) is 0 Å². The summed E-state index contributed by atoms with van der Waals surface area (Å²) in [4.78, 5) is 0. The van der Waals surface area contributed by atoms with E-state index in [1.54, 1.807) is 12.1 Å². The second kappa shape index (κ2) is 5.29. The van der Waals surface area contributed by atoms with Gasteiger partial charge in [0.1, 0.15) is 0 Å². The Morgan fingerprint density at radius 2 is 1.57 bits per heavy atom. The number of rotatable bonds is 3. The third-order valence-corrected chi connectivity index (χ3v) is 6.91. The highest BCUT2D eigenvalue weighted by atomic mass is 35.7. The topological polar surface area (TPSA) is 0 Å². The third-order valence-electron chi connectivity index (χ3n) is 1.67. The molecule has 0 aliphatic rings. The molecule has 0 aromatic heterocycles. The maximum absolute atomic E-state index is 6.10. The van der Waals surface area contributed by atoms with E-state index in [-0.39, 0.29) is 0 Å². The lowest BCUT2D eigenvalue weighted by Gasteiger charge is -2.25.